The Morgan fingerprint density at radius 3 is 2.88 bits per heavy atom. The standard InChI is InChI=1S/C14H28N2O/c1-4-17-14(2,3)11-15-12-7-9-16-8-5-6-13(16)10-12/h12-13,15H,4-11H2,1-3H3. The normalized spacial score (nSPS) is 30.5. The number of hydrogen-bond acceptors (Lipinski definition) is 3. The molecule has 0 aromatic heterocycles. The van der Waals surface area contributed by atoms with Gasteiger partial charge in [-0.1, -0.05) is 0 Å². The lowest BCUT2D eigenvalue weighted by Gasteiger charge is -2.37. The summed E-state index contributed by atoms with van der Waals surface area (Å²) in [5.41, 5.74) is -0.0262. The van der Waals surface area contributed by atoms with E-state index in [-0.39, 0.29) is 5.60 Å². The van der Waals surface area contributed by atoms with Crippen LogP contribution >= 0.6 is 0 Å². The van der Waals surface area contributed by atoms with E-state index in [1.54, 1.807) is 0 Å². The number of nitrogens with one attached hydrogen (secondary N) is 1. The van der Waals surface area contributed by atoms with Crippen molar-refractivity contribution in [2.75, 3.05) is 26.2 Å². The fraction of sp³-hybridized carbons (Fsp3) is 1.00. The minimum absolute atomic E-state index is 0.0262. The summed E-state index contributed by atoms with van der Waals surface area (Å²) in [5.74, 6) is 0. The lowest BCUT2D eigenvalue weighted by Crippen LogP contribution is -2.49. The summed E-state index contributed by atoms with van der Waals surface area (Å²) in [6.45, 7) is 10.8. The van der Waals surface area contributed by atoms with E-state index in [2.05, 4.69) is 31.0 Å². The molecular formula is C14H28N2O. The lowest BCUT2D eigenvalue weighted by atomic mass is 9.97. The number of piperidine rings is 1. The van der Waals surface area contributed by atoms with E-state index >= 15 is 0 Å². The SMILES string of the molecule is CCOC(C)(C)CNC1CCN2CCCC2C1. The van der Waals surface area contributed by atoms with Crippen molar-refractivity contribution < 1.29 is 4.74 Å². The van der Waals surface area contributed by atoms with Gasteiger partial charge in [-0.2, -0.15) is 0 Å². The minimum Gasteiger partial charge on any atom is -0.375 e. The van der Waals surface area contributed by atoms with Crippen LogP contribution in [0.2, 0.25) is 0 Å². The van der Waals surface area contributed by atoms with Crippen LogP contribution in [0.25, 0.3) is 0 Å². The van der Waals surface area contributed by atoms with Gasteiger partial charge in [0.2, 0.25) is 0 Å². The molecule has 2 aliphatic heterocycles. The van der Waals surface area contributed by atoms with Gasteiger partial charge in [-0.05, 0) is 59.5 Å². The number of ether oxygens (including phenoxy) is 1. The molecule has 1 N–H and O–H groups in total. The van der Waals surface area contributed by atoms with Crippen LogP contribution < -0.4 is 5.32 Å². The summed E-state index contributed by atoms with van der Waals surface area (Å²) in [5, 5.41) is 3.71. The molecule has 2 heterocycles. The molecule has 2 rings (SSSR count). The molecule has 0 bridgehead atoms. The second-order valence-electron chi connectivity index (χ2n) is 6.13. The average molecular weight is 240 g/mol. The first-order valence-electron chi connectivity index (χ1n) is 7.22. The van der Waals surface area contributed by atoms with Gasteiger partial charge < -0.3 is 15.0 Å². The van der Waals surface area contributed by atoms with Gasteiger partial charge in [-0.15, -0.1) is 0 Å². The molecular weight excluding hydrogens is 212 g/mol. The van der Waals surface area contributed by atoms with Gasteiger partial charge in [0.1, 0.15) is 0 Å². The number of hydrogen-bond donors (Lipinski definition) is 1. The van der Waals surface area contributed by atoms with E-state index in [1.165, 1.54) is 38.8 Å². The van der Waals surface area contributed by atoms with Crippen molar-refractivity contribution in [2.24, 2.45) is 0 Å². The highest BCUT2D eigenvalue weighted by Gasteiger charge is 2.32. The Bertz CT molecular complexity index is 242. The molecule has 0 radical (unpaired) electrons. The number of nitrogens with zero attached hydrogens (tertiary/aromatic N) is 1. The van der Waals surface area contributed by atoms with Crippen LogP contribution in [-0.2, 0) is 4.74 Å². The zero-order valence-electron chi connectivity index (χ0n) is 11.7. The molecule has 100 valence electrons. The third-order valence-corrected chi connectivity index (χ3v) is 4.17. The molecule has 2 unspecified atom stereocenters. The van der Waals surface area contributed by atoms with E-state index < -0.39 is 0 Å². The number of fused-ring (bicyclic) bond motifs is 1. The quantitative estimate of drug-likeness (QED) is 0.795. The predicted octanol–water partition coefficient (Wildman–Crippen LogP) is 2.02. The fourth-order valence-electron chi connectivity index (χ4n) is 3.24. The maximum atomic E-state index is 5.73. The highest BCUT2D eigenvalue weighted by Crippen LogP contribution is 2.27. The van der Waals surface area contributed by atoms with E-state index in [0.717, 1.165) is 19.2 Å². The smallest absolute Gasteiger partial charge is 0.0750 e. The van der Waals surface area contributed by atoms with Crippen molar-refractivity contribution in [3.05, 3.63) is 0 Å². The Kier molecular flexibility index (Phi) is 4.45. The van der Waals surface area contributed by atoms with Crippen molar-refractivity contribution in [3.8, 4) is 0 Å². The molecule has 0 spiro atoms. The Morgan fingerprint density at radius 2 is 2.12 bits per heavy atom. The van der Waals surface area contributed by atoms with Crippen molar-refractivity contribution in [3.63, 3.8) is 0 Å². The Labute approximate surface area is 106 Å². The highest BCUT2D eigenvalue weighted by atomic mass is 16.5. The molecule has 0 amide bonds. The van der Waals surface area contributed by atoms with Gasteiger partial charge in [-0.3, -0.25) is 0 Å². The summed E-state index contributed by atoms with van der Waals surface area (Å²) in [6.07, 6.45) is 5.45. The molecule has 0 aliphatic carbocycles. The highest BCUT2D eigenvalue weighted by molar-refractivity contribution is 4.90. The second-order valence-corrected chi connectivity index (χ2v) is 6.13. The lowest BCUT2D eigenvalue weighted by molar-refractivity contribution is -0.0125. The molecule has 2 saturated heterocycles. The Morgan fingerprint density at radius 1 is 1.29 bits per heavy atom. The van der Waals surface area contributed by atoms with E-state index in [1.807, 2.05) is 0 Å². The first-order valence-corrected chi connectivity index (χ1v) is 7.22. The fourth-order valence-corrected chi connectivity index (χ4v) is 3.24. The van der Waals surface area contributed by atoms with E-state index in [4.69, 9.17) is 4.74 Å². The van der Waals surface area contributed by atoms with Gasteiger partial charge in [0, 0.05) is 25.2 Å². The molecule has 17 heavy (non-hydrogen) atoms. The minimum atomic E-state index is -0.0262. The van der Waals surface area contributed by atoms with Gasteiger partial charge in [0.15, 0.2) is 0 Å². The van der Waals surface area contributed by atoms with Crippen LogP contribution in [0.5, 0.6) is 0 Å². The van der Waals surface area contributed by atoms with Gasteiger partial charge in [0.05, 0.1) is 5.60 Å². The van der Waals surface area contributed by atoms with Crippen LogP contribution in [0, 0.1) is 0 Å². The third-order valence-electron chi connectivity index (χ3n) is 4.17. The summed E-state index contributed by atoms with van der Waals surface area (Å²) >= 11 is 0. The molecule has 2 fully saturated rings. The monoisotopic (exact) mass is 240 g/mol. The molecule has 2 aliphatic rings. The van der Waals surface area contributed by atoms with Crippen LogP contribution in [0.15, 0.2) is 0 Å². The first-order chi connectivity index (χ1) is 8.11. The second kappa shape index (κ2) is 5.68. The third kappa shape index (κ3) is 3.67. The van der Waals surface area contributed by atoms with Crippen LogP contribution in [0.4, 0.5) is 0 Å². The van der Waals surface area contributed by atoms with Crippen LogP contribution in [0.3, 0.4) is 0 Å². The van der Waals surface area contributed by atoms with Crippen molar-refractivity contribution in [1.82, 2.24) is 10.2 Å². The molecule has 0 saturated carbocycles. The summed E-state index contributed by atoms with van der Waals surface area (Å²) < 4.78 is 5.73. The van der Waals surface area contributed by atoms with E-state index in [9.17, 15) is 0 Å². The van der Waals surface area contributed by atoms with E-state index in [0.29, 0.717) is 6.04 Å². The molecule has 3 heteroatoms. The maximum absolute atomic E-state index is 5.73. The summed E-state index contributed by atoms with van der Waals surface area (Å²) in [7, 11) is 0. The number of rotatable bonds is 5. The summed E-state index contributed by atoms with van der Waals surface area (Å²) in [4.78, 5) is 2.67. The van der Waals surface area contributed by atoms with Crippen LogP contribution in [0.1, 0.15) is 46.5 Å². The molecule has 3 nitrogen and oxygen atoms in total. The summed E-state index contributed by atoms with van der Waals surface area (Å²) in [6, 6.07) is 1.56. The van der Waals surface area contributed by atoms with Crippen molar-refractivity contribution in [2.45, 2.75) is 64.1 Å². The van der Waals surface area contributed by atoms with Crippen LogP contribution in [-0.4, -0.2) is 48.8 Å². The zero-order valence-corrected chi connectivity index (χ0v) is 11.7. The maximum Gasteiger partial charge on any atom is 0.0750 e. The molecule has 2 atom stereocenters. The Hall–Kier alpha value is -0.120. The van der Waals surface area contributed by atoms with Gasteiger partial charge >= 0.3 is 0 Å². The predicted molar refractivity (Wildman–Crippen MR) is 71.3 cm³/mol. The largest absolute Gasteiger partial charge is 0.375 e. The molecule has 0 aromatic carbocycles. The zero-order chi connectivity index (χ0) is 12.3. The average Bonchev–Trinajstić information content (AvgIpc) is 2.73. The molecule has 0 aromatic rings. The van der Waals surface area contributed by atoms with Gasteiger partial charge in [-0.25, -0.2) is 0 Å². The topological polar surface area (TPSA) is 24.5 Å². The Balaban J connectivity index is 1.73. The first kappa shape index (κ1) is 13.3. The van der Waals surface area contributed by atoms with Crippen molar-refractivity contribution >= 4 is 0 Å². The van der Waals surface area contributed by atoms with Gasteiger partial charge in [0.25, 0.3) is 0 Å². The van der Waals surface area contributed by atoms with Crippen molar-refractivity contribution in [1.29, 1.82) is 0 Å².